The number of carboxylic acid groups (broad SMARTS) is 1. The van der Waals surface area contributed by atoms with E-state index < -0.39 is 11.8 Å². The summed E-state index contributed by atoms with van der Waals surface area (Å²) < 4.78 is 13.3. The maximum Gasteiger partial charge on any atom is 0.335 e. The normalized spacial score (nSPS) is 10.5. The Morgan fingerprint density at radius 2 is 2.00 bits per heavy atom. The molecule has 1 aromatic heterocycles. The fourth-order valence-electron chi connectivity index (χ4n) is 2.32. The molecule has 0 bridgehead atoms. The van der Waals surface area contributed by atoms with Crippen molar-refractivity contribution in [3.63, 3.8) is 0 Å². The quantitative estimate of drug-likeness (QED) is 0.672. The SMILES string of the molecule is N#Cc1cnc2c(Cl)cc(C(=O)O)cc2c1Nc1ccc(F)c(Cl)c1. The van der Waals surface area contributed by atoms with Gasteiger partial charge in [0.05, 0.1) is 32.4 Å². The first kappa shape index (κ1) is 17.0. The van der Waals surface area contributed by atoms with Crippen molar-refractivity contribution in [2.45, 2.75) is 0 Å². The Balaban J connectivity index is 2.25. The number of benzene rings is 2. The molecule has 0 aliphatic rings. The van der Waals surface area contributed by atoms with Crippen LogP contribution in [0.4, 0.5) is 15.8 Å². The molecule has 3 aromatic rings. The van der Waals surface area contributed by atoms with E-state index in [-0.39, 0.29) is 21.2 Å². The van der Waals surface area contributed by atoms with Gasteiger partial charge in [0.15, 0.2) is 0 Å². The average Bonchev–Trinajstić information content (AvgIpc) is 2.58. The highest BCUT2D eigenvalue weighted by Gasteiger charge is 2.15. The van der Waals surface area contributed by atoms with Crippen LogP contribution < -0.4 is 5.32 Å². The van der Waals surface area contributed by atoms with E-state index in [1.54, 1.807) is 0 Å². The van der Waals surface area contributed by atoms with Gasteiger partial charge in [0, 0.05) is 17.3 Å². The minimum atomic E-state index is -1.16. The number of anilines is 2. The summed E-state index contributed by atoms with van der Waals surface area (Å²) in [6, 6.07) is 8.60. The fraction of sp³-hybridized carbons (Fsp3) is 0. The highest BCUT2D eigenvalue weighted by molar-refractivity contribution is 6.36. The van der Waals surface area contributed by atoms with E-state index in [1.165, 1.54) is 36.5 Å². The first-order valence-corrected chi connectivity index (χ1v) is 7.64. The number of carbonyl (C=O) groups is 1. The van der Waals surface area contributed by atoms with E-state index in [0.717, 1.165) is 0 Å². The molecule has 0 aliphatic heterocycles. The second-order valence-electron chi connectivity index (χ2n) is 5.07. The number of nitrogens with one attached hydrogen (secondary N) is 1. The zero-order chi connectivity index (χ0) is 18.1. The molecule has 0 saturated carbocycles. The third kappa shape index (κ3) is 3.20. The van der Waals surface area contributed by atoms with Crippen molar-refractivity contribution in [3.05, 3.63) is 63.5 Å². The molecule has 0 fully saturated rings. The summed E-state index contributed by atoms with van der Waals surface area (Å²) in [4.78, 5) is 15.4. The minimum absolute atomic E-state index is 0.0467. The van der Waals surface area contributed by atoms with Crippen molar-refractivity contribution in [1.82, 2.24) is 4.98 Å². The lowest BCUT2D eigenvalue weighted by Gasteiger charge is -2.13. The Bertz CT molecular complexity index is 1060. The highest BCUT2D eigenvalue weighted by Crippen LogP contribution is 2.34. The van der Waals surface area contributed by atoms with Gasteiger partial charge in [-0.2, -0.15) is 5.26 Å². The van der Waals surface area contributed by atoms with Gasteiger partial charge in [-0.15, -0.1) is 0 Å². The maximum absolute atomic E-state index is 13.3. The molecule has 1 heterocycles. The molecule has 8 heteroatoms. The molecule has 2 aromatic carbocycles. The molecule has 5 nitrogen and oxygen atoms in total. The molecule has 0 spiro atoms. The summed E-state index contributed by atoms with van der Waals surface area (Å²) in [6.07, 6.45) is 1.32. The Kier molecular flexibility index (Phi) is 4.45. The van der Waals surface area contributed by atoms with Gasteiger partial charge in [-0.1, -0.05) is 23.2 Å². The Morgan fingerprint density at radius 1 is 1.24 bits per heavy atom. The minimum Gasteiger partial charge on any atom is -0.478 e. The van der Waals surface area contributed by atoms with Crippen LogP contribution in [0.3, 0.4) is 0 Å². The van der Waals surface area contributed by atoms with Gasteiger partial charge in [-0.3, -0.25) is 4.98 Å². The first-order chi connectivity index (χ1) is 11.9. The summed E-state index contributed by atoms with van der Waals surface area (Å²) in [5.41, 5.74) is 1.19. The fourth-order valence-corrected chi connectivity index (χ4v) is 2.77. The highest BCUT2D eigenvalue weighted by atomic mass is 35.5. The second-order valence-corrected chi connectivity index (χ2v) is 5.89. The summed E-state index contributed by atoms with van der Waals surface area (Å²) >= 11 is 11.9. The lowest BCUT2D eigenvalue weighted by Crippen LogP contribution is -2.01. The molecule has 25 heavy (non-hydrogen) atoms. The molecule has 0 radical (unpaired) electrons. The number of rotatable bonds is 3. The van der Waals surface area contributed by atoms with Crippen molar-refractivity contribution in [3.8, 4) is 6.07 Å². The number of nitriles is 1. The van der Waals surface area contributed by atoms with Crippen molar-refractivity contribution in [1.29, 1.82) is 5.26 Å². The lowest BCUT2D eigenvalue weighted by molar-refractivity contribution is 0.0697. The van der Waals surface area contributed by atoms with E-state index in [4.69, 9.17) is 23.2 Å². The second kappa shape index (κ2) is 6.55. The zero-order valence-electron chi connectivity index (χ0n) is 12.3. The van der Waals surface area contributed by atoms with E-state index >= 15 is 0 Å². The van der Waals surface area contributed by atoms with E-state index in [2.05, 4.69) is 10.3 Å². The van der Waals surface area contributed by atoms with E-state index in [9.17, 15) is 19.6 Å². The molecule has 0 unspecified atom stereocenters. The van der Waals surface area contributed by atoms with Crippen LogP contribution in [0.25, 0.3) is 10.9 Å². The van der Waals surface area contributed by atoms with Gasteiger partial charge in [0.2, 0.25) is 0 Å². The van der Waals surface area contributed by atoms with Crippen LogP contribution in [-0.4, -0.2) is 16.1 Å². The predicted octanol–water partition coefficient (Wildman–Crippen LogP) is 4.99. The van der Waals surface area contributed by atoms with Crippen molar-refractivity contribution < 1.29 is 14.3 Å². The van der Waals surface area contributed by atoms with Gasteiger partial charge in [-0.25, -0.2) is 9.18 Å². The monoisotopic (exact) mass is 375 g/mol. The molecular weight excluding hydrogens is 368 g/mol. The third-order valence-electron chi connectivity index (χ3n) is 3.48. The van der Waals surface area contributed by atoms with Crippen LogP contribution in [0, 0.1) is 17.1 Å². The van der Waals surface area contributed by atoms with Crippen LogP contribution in [0.2, 0.25) is 10.0 Å². The average molecular weight is 376 g/mol. The Hall–Kier alpha value is -2.88. The topological polar surface area (TPSA) is 86.0 Å². The number of hydrogen-bond donors (Lipinski definition) is 2. The van der Waals surface area contributed by atoms with Gasteiger partial charge in [0.25, 0.3) is 0 Å². The zero-order valence-corrected chi connectivity index (χ0v) is 13.9. The van der Waals surface area contributed by atoms with E-state index in [0.29, 0.717) is 22.3 Å². The summed E-state index contributed by atoms with van der Waals surface area (Å²) in [5, 5.41) is 21.9. The van der Waals surface area contributed by atoms with E-state index in [1.807, 2.05) is 6.07 Å². The number of fused-ring (bicyclic) bond motifs is 1. The summed E-state index contributed by atoms with van der Waals surface area (Å²) in [7, 11) is 0. The molecule has 0 saturated heterocycles. The molecule has 0 amide bonds. The standard InChI is InChI=1S/C17H8Cl2FN3O2/c18-12-5-10(1-2-14(12)20)23-15-9(6-21)7-22-16-11(15)3-8(17(24)25)4-13(16)19/h1-5,7H,(H,22,23)(H,24,25). The number of aromatic carboxylic acids is 1. The summed E-state index contributed by atoms with van der Waals surface area (Å²) in [6.45, 7) is 0. The largest absolute Gasteiger partial charge is 0.478 e. The van der Waals surface area contributed by atoms with Gasteiger partial charge >= 0.3 is 5.97 Å². The first-order valence-electron chi connectivity index (χ1n) is 6.88. The van der Waals surface area contributed by atoms with Gasteiger partial charge < -0.3 is 10.4 Å². The van der Waals surface area contributed by atoms with Crippen LogP contribution >= 0.6 is 23.2 Å². The molecule has 3 rings (SSSR count). The Labute approximate surface area is 151 Å². The van der Waals surface area contributed by atoms with Crippen molar-refractivity contribution in [2.75, 3.05) is 5.32 Å². The van der Waals surface area contributed by atoms with Crippen LogP contribution in [0.5, 0.6) is 0 Å². The number of halogens is 3. The third-order valence-corrected chi connectivity index (χ3v) is 4.06. The molecule has 124 valence electrons. The summed E-state index contributed by atoms with van der Waals surface area (Å²) in [5.74, 6) is -1.74. The number of carboxylic acids is 1. The smallest absolute Gasteiger partial charge is 0.335 e. The van der Waals surface area contributed by atoms with Crippen molar-refractivity contribution in [2.24, 2.45) is 0 Å². The molecule has 0 aliphatic carbocycles. The Morgan fingerprint density at radius 3 is 2.64 bits per heavy atom. The molecule has 0 atom stereocenters. The lowest BCUT2D eigenvalue weighted by atomic mass is 10.1. The van der Waals surface area contributed by atoms with Crippen LogP contribution in [0.1, 0.15) is 15.9 Å². The number of aromatic nitrogens is 1. The predicted molar refractivity (Wildman–Crippen MR) is 93.1 cm³/mol. The van der Waals surface area contributed by atoms with Crippen LogP contribution in [-0.2, 0) is 0 Å². The van der Waals surface area contributed by atoms with Crippen molar-refractivity contribution >= 4 is 51.4 Å². The number of pyridine rings is 1. The van der Waals surface area contributed by atoms with Gasteiger partial charge in [-0.05, 0) is 30.3 Å². The maximum atomic E-state index is 13.3. The van der Waals surface area contributed by atoms with Crippen LogP contribution in [0.15, 0.2) is 36.5 Å². The number of hydrogen-bond acceptors (Lipinski definition) is 4. The molecule has 2 N–H and O–H groups in total. The van der Waals surface area contributed by atoms with Gasteiger partial charge in [0.1, 0.15) is 11.9 Å². The number of nitrogens with zero attached hydrogens (tertiary/aromatic N) is 2. The molecular formula is C17H8Cl2FN3O2.